The number of rotatable bonds is 4. The third-order valence-electron chi connectivity index (χ3n) is 3.94. The van der Waals surface area contributed by atoms with E-state index in [4.69, 9.17) is 0 Å². The van der Waals surface area contributed by atoms with Gasteiger partial charge in [0.25, 0.3) is 15.9 Å². The Balaban J connectivity index is 1.82. The highest BCUT2D eigenvalue weighted by atomic mass is 32.2. The summed E-state index contributed by atoms with van der Waals surface area (Å²) < 4.78 is 27.0. The predicted octanol–water partition coefficient (Wildman–Crippen LogP) is 2.12. The van der Waals surface area contributed by atoms with E-state index in [0.29, 0.717) is 10.9 Å². The summed E-state index contributed by atoms with van der Waals surface area (Å²) in [5, 5.41) is 4.95. The summed E-state index contributed by atoms with van der Waals surface area (Å²) in [6, 6.07) is 9.91. The van der Waals surface area contributed by atoms with Crippen LogP contribution in [0.15, 0.2) is 47.5 Å². The highest BCUT2D eigenvalue weighted by molar-refractivity contribution is 7.89. The Morgan fingerprint density at radius 2 is 1.85 bits per heavy atom. The van der Waals surface area contributed by atoms with Gasteiger partial charge in [0.15, 0.2) is 5.69 Å². The van der Waals surface area contributed by atoms with Crippen LogP contribution in [0, 0.1) is 6.92 Å². The van der Waals surface area contributed by atoms with Gasteiger partial charge in [-0.05, 0) is 45.9 Å². The smallest absolute Gasteiger partial charge is 0.272 e. The number of pyridine rings is 1. The van der Waals surface area contributed by atoms with Crippen LogP contribution in [0.2, 0.25) is 0 Å². The van der Waals surface area contributed by atoms with Gasteiger partial charge in [-0.2, -0.15) is 5.10 Å². The van der Waals surface area contributed by atoms with Crippen molar-refractivity contribution < 1.29 is 13.2 Å². The van der Waals surface area contributed by atoms with Crippen molar-refractivity contribution in [3.05, 3.63) is 54.0 Å². The minimum absolute atomic E-state index is 0.0164. The predicted molar refractivity (Wildman–Crippen MR) is 101 cm³/mol. The molecule has 0 saturated heterocycles. The monoisotopic (exact) mass is 387 g/mol. The third kappa shape index (κ3) is 3.83. The van der Waals surface area contributed by atoms with E-state index in [1.807, 2.05) is 27.7 Å². The molecule has 1 amide bonds. The van der Waals surface area contributed by atoms with Crippen LogP contribution >= 0.6 is 0 Å². The standard InChI is InChI=1S/C18H21N5O3S/c1-12-11-14(21-23(12)18(2,3)4)17(24)20-22-27(25,26)15-9-5-7-13-8-6-10-19-16(13)15/h5-11,22H,1-4H3,(H,20,24). The van der Waals surface area contributed by atoms with Gasteiger partial charge in [-0.25, -0.2) is 8.42 Å². The van der Waals surface area contributed by atoms with Crippen molar-refractivity contribution in [3.8, 4) is 0 Å². The first-order valence-corrected chi connectivity index (χ1v) is 9.81. The number of nitrogens with one attached hydrogen (secondary N) is 2. The molecule has 27 heavy (non-hydrogen) atoms. The summed E-state index contributed by atoms with van der Waals surface area (Å²) in [6.45, 7) is 7.72. The SMILES string of the molecule is Cc1cc(C(=O)NNS(=O)(=O)c2cccc3cccnc23)nn1C(C)(C)C. The summed E-state index contributed by atoms with van der Waals surface area (Å²) >= 11 is 0. The van der Waals surface area contributed by atoms with Gasteiger partial charge in [0.05, 0.1) is 11.1 Å². The van der Waals surface area contributed by atoms with Crippen LogP contribution in [0.25, 0.3) is 10.9 Å². The van der Waals surface area contributed by atoms with Crippen LogP contribution in [-0.2, 0) is 15.6 Å². The fourth-order valence-electron chi connectivity index (χ4n) is 2.79. The average molecular weight is 387 g/mol. The van der Waals surface area contributed by atoms with Crippen LogP contribution in [0.5, 0.6) is 0 Å². The molecule has 3 aromatic rings. The van der Waals surface area contributed by atoms with Gasteiger partial charge in [-0.15, -0.1) is 4.83 Å². The molecule has 0 atom stereocenters. The molecule has 0 spiro atoms. The van der Waals surface area contributed by atoms with Crippen molar-refractivity contribution in [3.63, 3.8) is 0 Å². The van der Waals surface area contributed by atoms with Crippen LogP contribution in [0.3, 0.4) is 0 Å². The first-order chi connectivity index (χ1) is 12.6. The number of amides is 1. The van der Waals surface area contributed by atoms with Crippen LogP contribution in [0.4, 0.5) is 0 Å². The Morgan fingerprint density at radius 1 is 1.15 bits per heavy atom. The maximum Gasteiger partial charge on any atom is 0.286 e. The van der Waals surface area contributed by atoms with Crippen molar-refractivity contribution in [1.29, 1.82) is 0 Å². The Bertz CT molecular complexity index is 1110. The van der Waals surface area contributed by atoms with E-state index >= 15 is 0 Å². The van der Waals surface area contributed by atoms with E-state index < -0.39 is 15.9 Å². The van der Waals surface area contributed by atoms with Gasteiger partial charge >= 0.3 is 0 Å². The minimum Gasteiger partial charge on any atom is -0.272 e. The number of fused-ring (bicyclic) bond motifs is 1. The zero-order valence-electron chi connectivity index (χ0n) is 15.5. The topological polar surface area (TPSA) is 106 Å². The van der Waals surface area contributed by atoms with E-state index in [9.17, 15) is 13.2 Å². The number of aromatic nitrogens is 3. The largest absolute Gasteiger partial charge is 0.286 e. The molecule has 142 valence electrons. The number of benzene rings is 1. The number of para-hydroxylation sites is 1. The van der Waals surface area contributed by atoms with Gasteiger partial charge in [0, 0.05) is 17.3 Å². The number of carbonyl (C=O) groups is 1. The summed E-state index contributed by atoms with van der Waals surface area (Å²) in [7, 11) is -4.00. The zero-order chi connectivity index (χ0) is 19.8. The summed E-state index contributed by atoms with van der Waals surface area (Å²) in [5.41, 5.74) is 3.17. The molecule has 0 aliphatic heterocycles. The number of carbonyl (C=O) groups excluding carboxylic acids is 1. The second-order valence-electron chi connectivity index (χ2n) is 7.14. The van der Waals surface area contributed by atoms with Crippen LogP contribution in [-0.4, -0.2) is 29.1 Å². The summed E-state index contributed by atoms with van der Waals surface area (Å²) in [6.07, 6.45) is 1.52. The van der Waals surface area contributed by atoms with E-state index in [0.717, 1.165) is 5.69 Å². The third-order valence-corrected chi connectivity index (χ3v) is 5.22. The van der Waals surface area contributed by atoms with Crippen molar-refractivity contribution in [2.75, 3.05) is 0 Å². The quantitative estimate of drug-likeness (QED) is 0.667. The van der Waals surface area contributed by atoms with Gasteiger partial charge < -0.3 is 0 Å². The molecule has 8 nitrogen and oxygen atoms in total. The lowest BCUT2D eigenvalue weighted by atomic mass is 10.1. The Morgan fingerprint density at radius 3 is 2.52 bits per heavy atom. The molecule has 2 N–H and O–H groups in total. The van der Waals surface area contributed by atoms with Crippen LogP contribution in [0.1, 0.15) is 37.0 Å². The van der Waals surface area contributed by atoms with Crippen molar-refractivity contribution in [2.45, 2.75) is 38.1 Å². The number of nitrogens with zero attached hydrogens (tertiary/aromatic N) is 3. The maximum atomic E-state index is 12.6. The number of hydrogen-bond acceptors (Lipinski definition) is 5. The highest BCUT2D eigenvalue weighted by Gasteiger charge is 2.22. The van der Waals surface area contributed by atoms with E-state index in [1.54, 1.807) is 35.0 Å². The molecular formula is C18H21N5O3S. The molecule has 1 aromatic carbocycles. The molecule has 0 aliphatic rings. The Labute approximate surface area is 157 Å². The van der Waals surface area contributed by atoms with Gasteiger partial charge in [-0.1, -0.05) is 18.2 Å². The molecular weight excluding hydrogens is 366 g/mol. The molecule has 0 fully saturated rings. The maximum absolute atomic E-state index is 12.6. The molecule has 0 bridgehead atoms. The minimum atomic E-state index is -4.00. The highest BCUT2D eigenvalue weighted by Crippen LogP contribution is 2.20. The molecule has 0 radical (unpaired) electrons. The summed E-state index contributed by atoms with van der Waals surface area (Å²) in [5.74, 6) is -0.641. The number of aryl methyl sites for hydroxylation is 1. The average Bonchev–Trinajstić information content (AvgIpc) is 3.01. The molecule has 0 unspecified atom stereocenters. The number of hydrogen-bond donors (Lipinski definition) is 2. The van der Waals surface area contributed by atoms with Crippen molar-refractivity contribution in [2.24, 2.45) is 0 Å². The molecule has 0 saturated carbocycles. The lowest BCUT2D eigenvalue weighted by Gasteiger charge is -2.21. The zero-order valence-corrected chi connectivity index (χ0v) is 16.3. The molecule has 2 heterocycles. The Kier molecular flexibility index (Phi) is 4.75. The molecule has 3 rings (SSSR count). The van der Waals surface area contributed by atoms with Crippen molar-refractivity contribution in [1.82, 2.24) is 25.0 Å². The molecule has 0 aliphatic carbocycles. The normalized spacial score (nSPS) is 12.3. The molecule has 2 aromatic heterocycles. The van der Waals surface area contributed by atoms with Crippen molar-refractivity contribution >= 4 is 26.8 Å². The second kappa shape index (κ2) is 6.75. The fourth-order valence-corrected chi connectivity index (χ4v) is 3.81. The van der Waals surface area contributed by atoms with E-state index in [2.05, 4.69) is 20.3 Å². The summed E-state index contributed by atoms with van der Waals surface area (Å²) in [4.78, 5) is 18.6. The fraction of sp³-hybridized carbons (Fsp3) is 0.278. The molecule has 9 heteroatoms. The van der Waals surface area contributed by atoms with Crippen LogP contribution < -0.4 is 10.3 Å². The first-order valence-electron chi connectivity index (χ1n) is 8.33. The number of hydrazine groups is 1. The first kappa shape index (κ1) is 19.0. The van der Waals surface area contributed by atoms with Gasteiger partial charge in [-0.3, -0.25) is 19.9 Å². The van der Waals surface area contributed by atoms with Gasteiger partial charge in [0.2, 0.25) is 0 Å². The number of sulfonamides is 1. The van der Waals surface area contributed by atoms with Gasteiger partial charge in [0.1, 0.15) is 4.90 Å². The Hall–Kier alpha value is -2.78. The lowest BCUT2D eigenvalue weighted by Crippen LogP contribution is -2.42. The lowest BCUT2D eigenvalue weighted by molar-refractivity contribution is 0.0938. The van der Waals surface area contributed by atoms with E-state index in [-0.39, 0.29) is 16.1 Å². The second-order valence-corrected chi connectivity index (χ2v) is 8.80. The van der Waals surface area contributed by atoms with E-state index in [1.165, 1.54) is 12.3 Å².